The van der Waals surface area contributed by atoms with Crippen molar-refractivity contribution in [3.05, 3.63) is 59.8 Å². The number of aliphatic hydroxyl groups excluding tert-OH is 3. The molecular weight excluding hydrogens is 428 g/mol. The van der Waals surface area contributed by atoms with Gasteiger partial charge in [-0.25, -0.2) is 0 Å². The molecule has 0 aromatic rings. The van der Waals surface area contributed by atoms with Crippen molar-refractivity contribution in [1.29, 1.82) is 0 Å². The molecule has 5 heteroatoms. The second kappa shape index (κ2) is 10.3. The highest BCUT2D eigenvalue weighted by atomic mass is 16.5. The third-order valence-corrected chi connectivity index (χ3v) is 8.62. The van der Waals surface area contributed by atoms with Crippen molar-refractivity contribution in [2.75, 3.05) is 7.11 Å². The second-order valence-electron chi connectivity index (χ2n) is 11.2. The van der Waals surface area contributed by atoms with E-state index < -0.39 is 29.7 Å². The van der Waals surface area contributed by atoms with Crippen LogP contribution < -0.4 is 0 Å². The van der Waals surface area contributed by atoms with Crippen LogP contribution in [0.3, 0.4) is 0 Å². The molecule has 0 bridgehead atoms. The number of methoxy groups -OCH3 is 1. The zero-order valence-electron chi connectivity index (χ0n) is 21.2. The molecule has 0 unspecified atom stereocenters. The monoisotopic (exact) mass is 470 g/mol. The van der Waals surface area contributed by atoms with E-state index in [2.05, 4.69) is 32.2 Å². The van der Waals surface area contributed by atoms with E-state index in [9.17, 15) is 20.1 Å². The molecule has 3 saturated carbocycles. The highest BCUT2D eigenvalue weighted by Gasteiger charge is 2.49. The third-order valence-electron chi connectivity index (χ3n) is 8.62. The van der Waals surface area contributed by atoms with Gasteiger partial charge < -0.3 is 20.1 Å². The Hall–Kier alpha value is -1.95. The molecule has 0 aromatic carbocycles. The highest BCUT2D eigenvalue weighted by molar-refractivity contribution is 5.76. The molecule has 34 heavy (non-hydrogen) atoms. The van der Waals surface area contributed by atoms with Gasteiger partial charge in [-0.05, 0) is 80.8 Å². The van der Waals surface area contributed by atoms with Crippen molar-refractivity contribution >= 4 is 5.97 Å². The predicted octanol–water partition coefficient (Wildman–Crippen LogP) is 4.80. The van der Waals surface area contributed by atoms with Crippen LogP contribution in [0.5, 0.6) is 0 Å². The largest absolute Gasteiger partial charge is 0.469 e. The lowest BCUT2D eigenvalue weighted by molar-refractivity contribution is -0.155. The Kier molecular flexibility index (Phi) is 8.11. The van der Waals surface area contributed by atoms with Crippen LogP contribution in [0.25, 0.3) is 0 Å². The van der Waals surface area contributed by atoms with Crippen LogP contribution >= 0.6 is 0 Å². The Labute approximate surface area is 204 Å². The topological polar surface area (TPSA) is 87.0 Å². The van der Waals surface area contributed by atoms with E-state index in [1.807, 2.05) is 6.08 Å². The molecule has 0 radical (unpaired) electrons. The van der Waals surface area contributed by atoms with Crippen molar-refractivity contribution in [2.45, 2.75) is 84.0 Å². The molecule has 3 fully saturated rings. The summed E-state index contributed by atoms with van der Waals surface area (Å²) in [6, 6.07) is 0. The van der Waals surface area contributed by atoms with Gasteiger partial charge in [0.2, 0.25) is 0 Å². The minimum Gasteiger partial charge on any atom is -0.469 e. The molecule has 0 saturated heterocycles. The van der Waals surface area contributed by atoms with E-state index in [1.54, 1.807) is 19.9 Å². The van der Waals surface area contributed by atoms with Crippen molar-refractivity contribution in [2.24, 2.45) is 22.7 Å². The van der Waals surface area contributed by atoms with Crippen molar-refractivity contribution < 1.29 is 24.9 Å². The molecule has 0 spiro atoms. The minimum absolute atomic E-state index is 0.0927. The van der Waals surface area contributed by atoms with Gasteiger partial charge in [-0.2, -0.15) is 0 Å². The first-order valence-corrected chi connectivity index (χ1v) is 12.5. The Morgan fingerprint density at radius 3 is 2.65 bits per heavy atom. The SMILES string of the molecule is C=C(/C=C/[C@@H](O)C(C)(C)C(=O)OC)[C@H]1CC[C@H]2/C(=C/C=C3/C[C@@H](O)C[C@H](O)C3=C)CCC[C@]12C. The molecule has 3 N–H and O–H groups in total. The molecule has 0 aromatic heterocycles. The number of aliphatic hydroxyl groups is 3. The second-order valence-corrected chi connectivity index (χ2v) is 11.2. The van der Waals surface area contributed by atoms with Gasteiger partial charge in [0, 0.05) is 6.42 Å². The van der Waals surface area contributed by atoms with Crippen LogP contribution in [0.2, 0.25) is 0 Å². The first-order valence-electron chi connectivity index (χ1n) is 12.5. The van der Waals surface area contributed by atoms with Gasteiger partial charge in [-0.3, -0.25) is 4.79 Å². The molecule has 3 rings (SSSR count). The van der Waals surface area contributed by atoms with Gasteiger partial charge in [-0.15, -0.1) is 0 Å². The Morgan fingerprint density at radius 2 is 1.97 bits per heavy atom. The number of hydrogen-bond donors (Lipinski definition) is 3. The summed E-state index contributed by atoms with van der Waals surface area (Å²) in [6.45, 7) is 14.1. The summed E-state index contributed by atoms with van der Waals surface area (Å²) in [5.74, 6) is 0.322. The maximum Gasteiger partial charge on any atom is 0.314 e. The Bertz CT molecular complexity index is 907. The molecule has 6 atom stereocenters. The standard InChI is InChI=1S/C29H42O5/c1-18(9-14-26(32)28(3,4)27(33)34-6)23-12-13-24-20(8-7-15-29(23,24)5)10-11-21-16-22(30)17-25(31)19(21)2/h9-11,14,22-26,30-32H,1-2,7-8,12-13,15-17H2,3-6H3/b14-9+,20-10+,21-11-/t22-,23-,24+,25+,26-,29-/m1/s1. The molecular formula is C29H42O5. The average Bonchev–Trinajstić information content (AvgIpc) is 3.15. The van der Waals surface area contributed by atoms with Gasteiger partial charge in [0.15, 0.2) is 0 Å². The lowest BCUT2D eigenvalue weighted by Crippen LogP contribution is -2.37. The number of esters is 1. The first kappa shape index (κ1) is 26.7. The quantitative estimate of drug-likeness (QED) is 0.383. The van der Waals surface area contributed by atoms with E-state index in [0.29, 0.717) is 24.7 Å². The summed E-state index contributed by atoms with van der Waals surface area (Å²) >= 11 is 0. The zero-order chi connectivity index (χ0) is 25.3. The number of ether oxygens (including phenoxy) is 1. The fourth-order valence-electron chi connectivity index (χ4n) is 6.27. The van der Waals surface area contributed by atoms with Crippen LogP contribution in [0.15, 0.2) is 59.8 Å². The van der Waals surface area contributed by atoms with E-state index in [4.69, 9.17) is 4.74 Å². The Balaban J connectivity index is 1.76. The van der Waals surface area contributed by atoms with E-state index >= 15 is 0 Å². The maximum absolute atomic E-state index is 12.0. The van der Waals surface area contributed by atoms with Gasteiger partial charge in [-0.1, -0.05) is 55.5 Å². The molecule has 0 amide bonds. The number of carbonyl (C=O) groups excluding carboxylic acids is 1. The fourth-order valence-corrected chi connectivity index (χ4v) is 6.27. The summed E-state index contributed by atoms with van der Waals surface area (Å²) in [7, 11) is 1.33. The number of fused-ring (bicyclic) bond motifs is 1. The number of carbonyl (C=O) groups is 1. The molecule has 0 aliphatic heterocycles. The number of hydrogen-bond acceptors (Lipinski definition) is 5. The Morgan fingerprint density at radius 1 is 1.26 bits per heavy atom. The lowest BCUT2D eigenvalue weighted by atomic mass is 9.62. The summed E-state index contributed by atoms with van der Waals surface area (Å²) in [4.78, 5) is 12.0. The molecule has 3 aliphatic carbocycles. The molecule has 188 valence electrons. The van der Waals surface area contributed by atoms with Crippen LogP contribution in [-0.4, -0.2) is 46.7 Å². The van der Waals surface area contributed by atoms with Crippen molar-refractivity contribution in [1.82, 2.24) is 0 Å². The van der Waals surface area contributed by atoms with Crippen molar-refractivity contribution in [3.8, 4) is 0 Å². The fraction of sp³-hybridized carbons (Fsp3) is 0.621. The van der Waals surface area contributed by atoms with Gasteiger partial charge >= 0.3 is 5.97 Å². The van der Waals surface area contributed by atoms with Crippen LogP contribution in [-0.2, 0) is 9.53 Å². The smallest absolute Gasteiger partial charge is 0.314 e. The van der Waals surface area contributed by atoms with Gasteiger partial charge in [0.05, 0.1) is 30.8 Å². The maximum atomic E-state index is 12.0. The van der Waals surface area contributed by atoms with Gasteiger partial charge in [0.25, 0.3) is 0 Å². The third kappa shape index (κ3) is 5.17. The summed E-state index contributed by atoms with van der Waals surface area (Å²) in [5.41, 5.74) is 3.15. The predicted molar refractivity (Wildman–Crippen MR) is 135 cm³/mol. The summed E-state index contributed by atoms with van der Waals surface area (Å²) < 4.78 is 4.83. The molecule has 3 aliphatic rings. The normalized spacial score (nSPS) is 35.6. The van der Waals surface area contributed by atoms with Crippen molar-refractivity contribution in [3.63, 3.8) is 0 Å². The molecule has 0 heterocycles. The summed E-state index contributed by atoms with van der Waals surface area (Å²) in [5, 5.41) is 30.8. The highest BCUT2D eigenvalue weighted by Crippen LogP contribution is 2.59. The van der Waals surface area contributed by atoms with Crippen LogP contribution in [0, 0.1) is 22.7 Å². The average molecular weight is 471 g/mol. The number of allylic oxidation sites excluding steroid dienone is 5. The van der Waals surface area contributed by atoms with E-state index in [1.165, 1.54) is 12.7 Å². The van der Waals surface area contributed by atoms with Gasteiger partial charge in [0.1, 0.15) is 0 Å². The minimum atomic E-state index is -1.02. The molecule has 5 nitrogen and oxygen atoms in total. The summed E-state index contributed by atoms with van der Waals surface area (Å²) in [6.07, 6.45) is 12.0. The van der Waals surface area contributed by atoms with E-state index in [0.717, 1.165) is 48.8 Å². The van der Waals surface area contributed by atoms with Crippen LogP contribution in [0.4, 0.5) is 0 Å². The van der Waals surface area contributed by atoms with E-state index in [-0.39, 0.29) is 5.41 Å². The zero-order valence-corrected chi connectivity index (χ0v) is 21.2. The lowest BCUT2D eigenvalue weighted by Gasteiger charge is -2.42. The van der Waals surface area contributed by atoms with Crippen LogP contribution in [0.1, 0.15) is 65.7 Å². The number of rotatable bonds is 6. The first-order chi connectivity index (χ1) is 15.9.